The Morgan fingerprint density at radius 2 is 2.38 bits per heavy atom. The lowest BCUT2D eigenvalue weighted by Crippen LogP contribution is -2.41. The first-order chi connectivity index (χ1) is 7.46. The van der Waals surface area contributed by atoms with Crippen LogP contribution < -0.4 is 5.32 Å². The van der Waals surface area contributed by atoms with Crippen LogP contribution in [0.25, 0.3) is 0 Å². The molecule has 0 aromatic carbocycles. The largest absolute Gasteiger partial charge is 0.388 e. The molecule has 1 aromatic rings. The van der Waals surface area contributed by atoms with Crippen molar-refractivity contribution >= 4 is 5.91 Å². The summed E-state index contributed by atoms with van der Waals surface area (Å²) < 4.78 is 1.50. The maximum Gasteiger partial charge on any atom is 0.269 e. The first-order valence-electron chi connectivity index (χ1n) is 5.45. The molecule has 90 valence electrons. The Hall–Kier alpha value is -1.36. The molecule has 1 unspecified atom stereocenters. The Morgan fingerprint density at radius 1 is 1.69 bits per heavy atom. The van der Waals surface area contributed by atoms with E-state index in [1.54, 1.807) is 26.2 Å². The third-order valence-corrected chi connectivity index (χ3v) is 2.47. The van der Waals surface area contributed by atoms with Gasteiger partial charge in [0.15, 0.2) is 0 Å². The van der Waals surface area contributed by atoms with Crippen molar-refractivity contribution < 1.29 is 9.90 Å². The van der Waals surface area contributed by atoms with Gasteiger partial charge >= 0.3 is 0 Å². The zero-order valence-corrected chi connectivity index (χ0v) is 10.0. The number of aryl methyl sites for hydroxylation is 1. The lowest BCUT2D eigenvalue weighted by atomic mass is 10.0. The SMILES string of the molecule is CCCC(C)(O)CNC(=O)c1ccnn1C. The van der Waals surface area contributed by atoms with E-state index in [0.29, 0.717) is 12.1 Å². The van der Waals surface area contributed by atoms with E-state index in [2.05, 4.69) is 10.4 Å². The van der Waals surface area contributed by atoms with E-state index in [0.717, 1.165) is 6.42 Å². The Bertz CT molecular complexity index is 358. The number of nitrogens with zero attached hydrogens (tertiary/aromatic N) is 2. The van der Waals surface area contributed by atoms with Gasteiger partial charge in [0.1, 0.15) is 5.69 Å². The molecule has 0 fully saturated rings. The van der Waals surface area contributed by atoms with Crippen LogP contribution in [-0.2, 0) is 7.05 Å². The zero-order valence-electron chi connectivity index (χ0n) is 10.0. The van der Waals surface area contributed by atoms with Gasteiger partial charge in [0.2, 0.25) is 0 Å². The fourth-order valence-electron chi connectivity index (χ4n) is 1.58. The molecule has 1 amide bonds. The second-order valence-corrected chi connectivity index (χ2v) is 4.27. The maximum absolute atomic E-state index is 11.7. The Labute approximate surface area is 95.5 Å². The lowest BCUT2D eigenvalue weighted by Gasteiger charge is -2.22. The van der Waals surface area contributed by atoms with Crippen LogP contribution in [0.4, 0.5) is 0 Å². The van der Waals surface area contributed by atoms with Crippen molar-refractivity contribution in [3.8, 4) is 0 Å². The molecule has 0 saturated carbocycles. The van der Waals surface area contributed by atoms with E-state index in [1.807, 2.05) is 6.92 Å². The fourth-order valence-corrected chi connectivity index (χ4v) is 1.58. The van der Waals surface area contributed by atoms with E-state index in [1.165, 1.54) is 4.68 Å². The van der Waals surface area contributed by atoms with E-state index in [9.17, 15) is 9.90 Å². The van der Waals surface area contributed by atoms with Gasteiger partial charge in [-0.1, -0.05) is 13.3 Å². The average Bonchev–Trinajstić information content (AvgIpc) is 2.61. The van der Waals surface area contributed by atoms with Crippen LogP contribution in [0.5, 0.6) is 0 Å². The minimum absolute atomic E-state index is 0.212. The first-order valence-corrected chi connectivity index (χ1v) is 5.45. The quantitative estimate of drug-likeness (QED) is 0.775. The highest BCUT2D eigenvalue weighted by atomic mass is 16.3. The van der Waals surface area contributed by atoms with Crippen LogP contribution in [-0.4, -0.2) is 32.9 Å². The monoisotopic (exact) mass is 225 g/mol. The lowest BCUT2D eigenvalue weighted by molar-refractivity contribution is 0.0467. The minimum atomic E-state index is -0.844. The highest BCUT2D eigenvalue weighted by molar-refractivity contribution is 5.92. The van der Waals surface area contributed by atoms with E-state index >= 15 is 0 Å². The standard InChI is InChI=1S/C11H19N3O2/c1-4-6-11(2,16)8-12-10(15)9-5-7-13-14(9)3/h5,7,16H,4,6,8H2,1-3H3,(H,12,15). The van der Waals surface area contributed by atoms with Gasteiger partial charge in [-0.3, -0.25) is 9.48 Å². The molecule has 1 atom stereocenters. The second-order valence-electron chi connectivity index (χ2n) is 4.27. The predicted molar refractivity (Wildman–Crippen MR) is 61.1 cm³/mol. The smallest absolute Gasteiger partial charge is 0.269 e. The highest BCUT2D eigenvalue weighted by Crippen LogP contribution is 2.10. The van der Waals surface area contributed by atoms with Gasteiger partial charge in [0.05, 0.1) is 5.60 Å². The summed E-state index contributed by atoms with van der Waals surface area (Å²) in [4.78, 5) is 11.7. The third kappa shape index (κ3) is 3.34. The number of nitrogens with one attached hydrogen (secondary N) is 1. The number of aromatic nitrogens is 2. The Balaban J connectivity index is 2.51. The molecule has 1 rings (SSSR count). The molecule has 1 heterocycles. The van der Waals surface area contributed by atoms with Crippen molar-refractivity contribution in [2.45, 2.75) is 32.3 Å². The van der Waals surface area contributed by atoms with Gasteiger partial charge in [0.25, 0.3) is 5.91 Å². The van der Waals surface area contributed by atoms with Crippen LogP contribution in [0, 0.1) is 0 Å². The van der Waals surface area contributed by atoms with Crippen LogP contribution in [0.15, 0.2) is 12.3 Å². The summed E-state index contributed by atoms with van der Waals surface area (Å²) >= 11 is 0. The molecule has 5 nitrogen and oxygen atoms in total. The number of aliphatic hydroxyl groups is 1. The maximum atomic E-state index is 11.7. The molecule has 5 heteroatoms. The summed E-state index contributed by atoms with van der Waals surface area (Å²) in [5, 5.41) is 16.5. The van der Waals surface area contributed by atoms with Gasteiger partial charge in [-0.05, 0) is 19.4 Å². The summed E-state index contributed by atoms with van der Waals surface area (Å²) in [7, 11) is 1.71. The summed E-state index contributed by atoms with van der Waals surface area (Å²) in [6.45, 7) is 3.97. The number of carbonyl (C=O) groups is 1. The van der Waals surface area contributed by atoms with E-state index in [4.69, 9.17) is 0 Å². The van der Waals surface area contributed by atoms with Gasteiger partial charge < -0.3 is 10.4 Å². The molecule has 1 aromatic heterocycles. The van der Waals surface area contributed by atoms with E-state index in [-0.39, 0.29) is 12.5 Å². The van der Waals surface area contributed by atoms with Crippen molar-refractivity contribution in [1.82, 2.24) is 15.1 Å². The molecule has 16 heavy (non-hydrogen) atoms. The van der Waals surface area contributed by atoms with E-state index < -0.39 is 5.60 Å². The topological polar surface area (TPSA) is 67.2 Å². The van der Waals surface area contributed by atoms with Crippen LogP contribution in [0.2, 0.25) is 0 Å². The highest BCUT2D eigenvalue weighted by Gasteiger charge is 2.20. The van der Waals surface area contributed by atoms with Crippen molar-refractivity contribution in [2.75, 3.05) is 6.54 Å². The van der Waals surface area contributed by atoms with Crippen molar-refractivity contribution in [1.29, 1.82) is 0 Å². The third-order valence-electron chi connectivity index (χ3n) is 2.47. The van der Waals surface area contributed by atoms with Gasteiger partial charge in [-0.2, -0.15) is 5.10 Å². The molecule has 0 aliphatic heterocycles. The number of hydrogen-bond acceptors (Lipinski definition) is 3. The van der Waals surface area contributed by atoms with Crippen molar-refractivity contribution in [2.24, 2.45) is 7.05 Å². The molecule has 2 N–H and O–H groups in total. The first kappa shape index (κ1) is 12.7. The summed E-state index contributed by atoms with van der Waals surface area (Å²) in [5.74, 6) is -0.212. The van der Waals surface area contributed by atoms with Crippen molar-refractivity contribution in [3.05, 3.63) is 18.0 Å². The second kappa shape index (κ2) is 5.12. The molecule has 0 saturated heterocycles. The average molecular weight is 225 g/mol. The zero-order chi connectivity index (χ0) is 12.2. The number of amides is 1. The van der Waals surface area contributed by atoms with Gasteiger partial charge in [-0.25, -0.2) is 0 Å². The van der Waals surface area contributed by atoms with Crippen molar-refractivity contribution in [3.63, 3.8) is 0 Å². The van der Waals surface area contributed by atoms with Crippen LogP contribution in [0.3, 0.4) is 0 Å². The molecular formula is C11H19N3O2. The number of hydrogen-bond donors (Lipinski definition) is 2. The molecular weight excluding hydrogens is 206 g/mol. The molecule has 0 aliphatic rings. The summed E-state index contributed by atoms with van der Waals surface area (Å²) in [6.07, 6.45) is 3.12. The summed E-state index contributed by atoms with van der Waals surface area (Å²) in [6, 6.07) is 1.64. The summed E-state index contributed by atoms with van der Waals surface area (Å²) in [5.41, 5.74) is -0.351. The number of carbonyl (C=O) groups excluding carboxylic acids is 1. The molecule has 0 radical (unpaired) electrons. The Kier molecular flexibility index (Phi) is 4.06. The Morgan fingerprint density at radius 3 is 2.88 bits per heavy atom. The fraction of sp³-hybridized carbons (Fsp3) is 0.636. The molecule has 0 bridgehead atoms. The van der Waals surface area contributed by atoms with Crippen LogP contribution in [0.1, 0.15) is 37.2 Å². The van der Waals surface area contributed by atoms with Gasteiger partial charge in [0, 0.05) is 19.8 Å². The van der Waals surface area contributed by atoms with Gasteiger partial charge in [-0.15, -0.1) is 0 Å². The molecule has 0 spiro atoms. The minimum Gasteiger partial charge on any atom is -0.388 e. The normalized spacial score (nSPS) is 14.5. The number of rotatable bonds is 5. The predicted octanol–water partition coefficient (Wildman–Crippen LogP) is 0.701. The molecule has 0 aliphatic carbocycles. The van der Waals surface area contributed by atoms with Crippen LogP contribution >= 0.6 is 0 Å².